The van der Waals surface area contributed by atoms with E-state index >= 15 is 0 Å². The van der Waals surface area contributed by atoms with E-state index < -0.39 is 12.3 Å². The van der Waals surface area contributed by atoms with Gasteiger partial charge in [-0.2, -0.15) is 64.7 Å². The van der Waals surface area contributed by atoms with Gasteiger partial charge in [0.25, 0.3) is 0 Å². The van der Waals surface area contributed by atoms with E-state index in [4.69, 9.17) is 21.0 Å². The SMILES string of the molecule is CC#N.CC#N.CC#N.CC#N.CC[PH+](CC)CC.CC[PH+](CC)CC.[Fe+2].c1ccc([B-](c2ccccc2)(c2ccccc2)c2ccccc2)cc1.c1ccc([B-](c2ccccc2)(c2ccccc2)c2ccccc2)cc1. The van der Waals surface area contributed by atoms with E-state index in [0.29, 0.717) is 0 Å². The molecule has 0 radical (unpaired) electrons. The Morgan fingerprint density at radius 3 is 0.403 bits per heavy atom. The van der Waals surface area contributed by atoms with Crippen LogP contribution in [0.15, 0.2) is 243 Å². The quantitative estimate of drug-likeness (QED) is 0.0801. The van der Waals surface area contributed by atoms with Crippen molar-refractivity contribution in [2.45, 2.75) is 69.2 Å². The van der Waals surface area contributed by atoms with Gasteiger partial charge in [0.1, 0.15) is 12.3 Å². The summed E-state index contributed by atoms with van der Waals surface area (Å²) in [6, 6.07) is 94.1. The molecule has 8 aromatic carbocycles. The first-order valence-electron chi connectivity index (χ1n) is 26.9. The zero-order valence-electron chi connectivity index (χ0n) is 47.6. The van der Waals surface area contributed by atoms with Gasteiger partial charge in [-0.1, -0.05) is 243 Å². The summed E-state index contributed by atoms with van der Waals surface area (Å²) in [6.07, 6.45) is 6.31. The van der Waals surface area contributed by atoms with Gasteiger partial charge in [0.15, 0.2) is 0 Å². The van der Waals surface area contributed by atoms with Crippen LogP contribution in [0, 0.1) is 45.3 Å². The van der Waals surface area contributed by atoms with E-state index in [9.17, 15) is 0 Å². The fourth-order valence-corrected chi connectivity index (χ4v) is 12.7. The fourth-order valence-electron chi connectivity index (χ4n) is 9.74. The third kappa shape index (κ3) is 22.8. The smallest absolute Gasteiger partial charge is 0.199 e. The molecule has 0 spiro atoms. The zero-order valence-corrected chi connectivity index (χ0v) is 50.7. The van der Waals surface area contributed by atoms with E-state index in [2.05, 4.69) is 284 Å². The Morgan fingerprint density at radius 1 is 0.247 bits per heavy atom. The van der Waals surface area contributed by atoms with Crippen molar-refractivity contribution in [2.75, 3.05) is 37.0 Å². The van der Waals surface area contributed by atoms with E-state index in [1.165, 1.54) is 108 Å². The number of benzene rings is 8. The Labute approximate surface area is 480 Å². The van der Waals surface area contributed by atoms with Crippen molar-refractivity contribution < 1.29 is 17.1 Å². The standard InChI is InChI=1S/2C24H20B.2C6H15P.4C2H3N.Fe/c2*1-5-13-21(14-6-1)25(22-15-7-2-8-16-22,23-17-9-3-10-18-23)24-19-11-4-12-20-24;2*1-4-7(5-2)6-3;4*1-2-3;/h2*1-20H;2*4-6H2,1-3H3;4*1H3;/q2*-1;;;;;;;+2/p+2. The summed E-state index contributed by atoms with van der Waals surface area (Å²) in [5, 5.41) is 29.3. The number of rotatable bonds is 14. The van der Waals surface area contributed by atoms with Crippen molar-refractivity contribution in [1.29, 1.82) is 21.0 Å². The molecule has 8 aromatic rings. The van der Waals surface area contributed by atoms with Crippen LogP contribution in [-0.2, 0) is 17.1 Å². The van der Waals surface area contributed by atoms with Crippen LogP contribution in [0.25, 0.3) is 0 Å². The maximum atomic E-state index is 7.32. The van der Waals surface area contributed by atoms with Crippen molar-refractivity contribution in [1.82, 2.24) is 0 Å². The Hall–Kier alpha value is -6.77. The minimum Gasteiger partial charge on any atom is -0.199 e. The Kier molecular flexibility index (Phi) is 40.5. The van der Waals surface area contributed by atoms with Crippen LogP contribution >= 0.6 is 15.8 Å². The van der Waals surface area contributed by atoms with Gasteiger partial charge in [0, 0.05) is 27.7 Å². The van der Waals surface area contributed by atoms with Crippen molar-refractivity contribution in [3.8, 4) is 24.3 Å². The topological polar surface area (TPSA) is 95.2 Å². The molecule has 0 aliphatic carbocycles. The second-order valence-electron chi connectivity index (χ2n) is 17.5. The first kappa shape index (κ1) is 70.2. The van der Waals surface area contributed by atoms with Crippen molar-refractivity contribution in [3.63, 3.8) is 0 Å². The summed E-state index contributed by atoms with van der Waals surface area (Å²) >= 11 is 0. The first-order chi connectivity index (χ1) is 37.2. The fraction of sp³-hybridized carbons (Fsp3) is 0.235. The monoisotopic (exact) mass is 1100 g/mol. The molecule has 398 valence electrons. The normalized spacial score (nSPS) is 9.56. The predicted molar refractivity (Wildman–Crippen MR) is 345 cm³/mol. The minimum atomic E-state index is -1.22. The number of nitrogens with zero attached hydrogens (tertiary/aromatic N) is 4. The number of hydrogen-bond donors (Lipinski definition) is 0. The van der Waals surface area contributed by atoms with Gasteiger partial charge >= 0.3 is 17.1 Å². The molecule has 77 heavy (non-hydrogen) atoms. The Bertz CT molecular complexity index is 2240. The molecule has 0 bridgehead atoms. The molecule has 0 aliphatic rings. The largest absolute Gasteiger partial charge is 2.00 e. The van der Waals surface area contributed by atoms with Crippen LogP contribution in [0.5, 0.6) is 0 Å². The van der Waals surface area contributed by atoms with Gasteiger partial charge in [0.05, 0.1) is 61.2 Å². The first-order valence-corrected chi connectivity index (χ1v) is 31.1. The van der Waals surface area contributed by atoms with Gasteiger partial charge in [-0.15, -0.1) is 0 Å². The van der Waals surface area contributed by atoms with Crippen LogP contribution < -0.4 is 43.7 Å². The van der Waals surface area contributed by atoms with E-state index in [-0.39, 0.29) is 32.9 Å². The summed E-state index contributed by atoms with van der Waals surface area (Å²) in [4.78, 5) is 0. The van der Waals surface area contributed by atoms with E-state index in [0.717, 1.165) is 0 Å². The second-order valence-corrected chi connectivity index (χ2v) is 24.8. The molecule has 0 aliphatic heterocycles. The van der Waals surface area contributed by atoms with Gasteiger partial charge < -0.3 is 0 Å². The van der Waals surface area contributed by atoms with E-state index in [1.54, 1.807) is 24.3 Å². The molecular formula is C68H84B2FeN4P2+2. The molecule has 0 unspecified atom stereocenters. The maximum absolute atomic E-state index is 7.32. The summed E-state index contributed by atoms with van der Waals surface area (Å²) in [6.45, 7) is 19.6. The molecule has 8 rings (SSSR count). The van der Waals surface area contributed by atoms with Crippen LogP contribution in [0.3, 0.4) is 0 Å². The molecule has 9 heteroatoms. The van der Waals surface area contributed by atoms with Crippen molar-refractivity contribution in [3.05, 3.63) is 243 Å². The summed E-state index contributed by atoms with van der Waals surface area (Å²) in [5.41, 5.74) is 10.7. The Morgan fingerprint density at radius 2 is 0.338 bits per heavy atom. The van der Waals surface area contributed by atoms with Crippen LogP contribution in [0.1, 0.15) is 69.2 Å². The maximum Gasteiger partial charge on any atom is 2.00 e. The minimum absolute atomic E-state index is 0. The van der Waals surface area contributed by atoms with Crippen LogP contribution in [0.4, 0.5) is 0 Å². The molecule has 4 nitrogen and oxygen atoms in total. The van der Waals surface area contributed by atoms with Crippen LogP contribution in [-0.4, -0.2) is 49.3 Å². The number of nitriles is 4. The number of hydrogen-bond acceptors (Lipinski definition) is 4. The second kappa shape index (κ2) is 44.4. The molecule has 0 fully saturated rings. The average Bonchev–Trinajstić information content (AvgIpc) is 3.50. The molecule has 0 saturated heterocycles. The average molecular weight is 1100 g/mol. The molecule has 0 N–H and O–H groups in total. The van der Waals surface area contributed by atoms with Gasteiger partial charge in [-0.05, 0) is 57.4 Å². The molecule has 0 atom stereocenters. The summed E-state index contributed by atoms with van der Waals surface area (Å²) < 4.78 is 0. The van der Waals surface area contributed by atoms with Gasteiger partial charge in [-0.3, -0.25) is 0 Å². The van der Waals surface area contributed by atoms with Gasteiger partial charge in [-0.25, -0.2) is 0 Å². The summed E-state index contributed by atoms with van der Waals surface area (Å²) in [7, 11) is 0.275. The molecule has 0 amide bonds. The van der Waals surface area contributed by atoms with Gasteiger partial charge in [0.2, 0.25) is 0 Å². The molecular weight excluding hydrogens is 1010 g/mol. The predicted octanol–water partition coefficient (Wildman–Crippen LogP) is 12.8. The summed E-state index contributed by atoms with van der Waals surface area (Å²) in [5.74, 6) is 0. The van der Waals surface area contributed by atoms with Crippen molar-refractivity contribution >= 4 is 71.8 Å². The molecule has 0 heterocycles. The molecule has 0 saturated carbocycles. The molecule has 0 aromatic heterocycles. The Balaban J connectivity index is 0.00000103. The third-order valence-electron chi connectivity index (χ3n) is 13.4. The van der Waals surface area contributed by atoms with E-state index in [1.807, 2.05) is 0 Å². The zero-order chi connectivity index (χ0) is 56.1. The third-order valence-corrected chi connectivity index (χ3v) is 19.4. The van der Waals surface area contributed by atoms with Crippen LogP contribution in [0.2, 0.25) is 0 Å². The van der Waals surface area contributed by atoms with Crippen molar-refractivity contribution in [2.24, 2.45) is 0 Å².